The number of ether oxygens (including phenoxy) is 5. The van der Waals surface area contributed by atoms with Gasteiger partial charge in [-0.1, -0.05) is 43.3 Å². The number of methoxy groups -OCH3 is 1. The van der Waals surface area contributed by atoms with E-state index in [9.17, 15) is 0 Å². The third kappa shape index (κ3) is 4.15. The maximum Gasteiger partial charge on any atom is 0.231 e. The fraction of sp³-hybridized carbons (Fsp3) is 0.280. The second kappa shape index (κ2) is 8.99. The molecule has 0 amide bonds. The Balaban J connectivity index is 1.59. The fourth-order valence-electron chi connectivity index (χ4n) is 3.55. The third-order valence-electron chi connectivity index (χ3n) is 5.20. The van der Waals surface area contributed by atoms with Crippen LogP contribution in [0.3, 0.4) is 0 Å². The van der Waals surface area contributed by atoms with E-state index in [0.29, 0.717) is 24.7 Å². The van der Waals surface area contributed by atoms with E-state index >= 15 is 0 Å². The molecule has 0 saturated heterocycles. The average molecular weight is 406 g/mol. The minimum Gasteiger partial charge on any atom is -0.493 e. The zero-order valence-electron chi connectivity index (χ0n) is 17.5. The van der Waals surface area contributed by atoms with Crippen molar-refractivity contribution in [2.45, 2.75) is 26.4 Å². The molecule has 0 bridgehead atoms. The van der Waals surface area contributed by atoms with Crippen LogP contribution in [0.4, 0.5) is 0 Å². The van der Waals surface area contributed by atoms with Crippen molar-refractivity contribution in [3.63, 3.8) is 0 Å². The summed E-state index contributed by atoms with van der Waals surface area (Å²) in [6.07, 6.45) is 0. The quantitative estimate of drug-likeness (QED) is 0.491. The molecule has 0 saturated carbocycles. The maximum absolute atomic E-state index is 5.99. The second-order valence-corrected chi connectivity index (χ2v) is 7.08. The first-order chi connectivity index (χ1) is 14.7. The number of hydrogen-bond donors (Lipinski definition) is 0. The van der Waals surface area contributed by atoms with Gasteiger partial charge in [-0.25, -0.2) is 0 Å². The minimum atomic E-state index is 0.0677. The van der Waals surface area contributed by atoms with Crippen LogP contribution >= 0.6 is 0 Å². The molecule has 0 aliphatic carbocycles. The molecule has 156 valence electrons. The molecular formula is C25H26O5. The standard InChI is InChI=1S/C25H26O5/c1-4-27-22-14-25-24(29-16-30-25)13-20(22)17(2)19-10-11-21(23(12-19)26-3)28-15-18-8-6-5-7-9-18/h5-14,17H,4,15-16H2,1-3H3. The molecule has 1 aliphatic rings. The smallest absolute Gasteiger partial charge is 0.231 e. The molecule has 0 N–H and O–H groups in total. The Bertz CT molecular complexity index is 1000. The van der Waals surface area contributed by atoms with Gasteiger partial charge in [-0.2, -0.15) is 0 Å². The maximum atomic E-state index is 5.99. The van der Waals surface area contributed by atoms with Crippen LogP contribution in [0, 0.1) is 0 Å². The predicted molar refractivity (Wildman–Crippen MR) is 115 cm³/mol. The molecule has 0 spiro atoms. The number of benzene rings is 3. The zero-order chi connectivity index (χ0) is 20.9. The lowest BCUT2D eigenvalue weighted by Gasteiger charge is -2.19. The molecule has 3 aromatic carbocycles. The summed E-state index contributed by atoms with van der Waals surface area (Å²) in [5.74, 6) is 3.75. The monoisotopic (exact) mass is 406 g/mol. The van der Waals surface area contributed by atoms with E-state index in [1.54, 1.807) is 7.11 Å². The van der Waals surface area contributed by atoms with Crippen LogP contribution in [0.2, 0.25) is 0 Å². The van der Waals surface area contributed by atoms with Crippen molar-refractivity contribution >= 4 is 0 Å². The van der Waals surface area contributed by atoms with Gasteiger partial charge in [0.05, 0.1) is 13.7 Å². The zero-order valence-corrected chi connectivity index (χ0v) is 17.5. The van der Waals surface area contributed by atoms with Crippen molar-refractivity contribution in [3.8, 4) is 28.7 Å². The Morgan fingerprint density at radius 3 is 2.37 bits per heavy atom. The molecular weight excluding hydrogens is 380 g/mol. The van der Waals surface area contributed by atoms with Gasteiger partial charge in [0.2, 0.25) is 6.79 Å². The molecule has 0 fully saturated rings. The minimum absolute atomic E-state index is 0.0677. The summed E-state index contributed by atoms with van der Waals surface area (Å²) < 4.78 is 28.6. The van der Waals surface area contributed by atoms with E-state index in [2.05, 4.69) is 13.0 Å². The SMILES string of the molecule is CCOc1cc2c(cc1C(C)c1ccc(OCc3ccccc3)c(OC)c1)OCO2. The lowest BCUT2D eigenvalue weighted by Crippen LogP contribution is -2.03. The van der Waals surface area contributed by atoms with Crippen molar-refractivity contribution in [2.75, 3.05) is 20.5 Å². The highest BCUT2D eigenvalue weighted by molar-refractivity contribution is 5.55. The summed E-state index contributed by atoms with van der Waals surface area (Å²) in [5.41, 5.74) is 3.25. The summed E-state index contributed by atoms with van der Waals surface area (Å²) in [4.78, 5) is 0. The lowest BCUT2D eigenvalue weighted by atomic mass is 9.91. The van der Waals surface area contributed by atoms with Crippen molar-refractivity contribution in [2.24, 2.45) is 0 Å². The van der Waals surface area contributed by atoms with Crippen molar-refractivity contribution in [3.05, 3.63) is 77.4 Å². The molecule has 1 aliphatic heterocycles. The molecule has 1 atom stereocenters. The molecule has 0 radical (unpaired) electrons. The van der Waals surface area contributed by atoms with E-state index in [-0.39, 0.29) is 12.7 Å². The van der Waals surface area contributed by atoms with Crippen molar-refractivity contribution in [1.82, 2.24) is 0 Å². The van der Waals surface area contributed by atoms with Gasteiger partial charge in [0.15, 0.2) is 23.0 Å². The molecule has 30 heavy (non-hydrogen) atoms. The first kappa shape index (κ1) is 20.0. The van der Waals surface area contributed by atoms with Gasteiger partial charge in [0.25, 0.3) is 0 Å². The Morgan fingerprint density at radius 2 is 1.63 bits per heavy atom. The van der Waals surface area contributed by atoms with Gasteiger partial charge in [-0.15, -0.1) is 0 Å². The Morgan fingerprint density at radius 1 is 0.867 bits per heavy atom. The Labute approximate surface area is 177 Å². The van der Waals surface area contributed by atoms with E-state index in [1.807, 2.05) is 61.5 Å². The van der Waals surface area contributed by atoms with E-state index < -0.39 is 0 Å². The average Bonchev–Trinajstić information content (AvgIpc) is 3.25. The van der Waals surface area contributed by atoms with Crippen molar-refractivity contribution < 1.29 is 23.7 Å². The highest BCUT2D eigenvalue weighted by Gasteiger charge is 2.22. The molecule has 3 aromatic rings. The van der Waals surface area contributed by atoms with Crippen LogP contribution in [0.25, 0.3) is 0 Å². The van der Waals surface area contributed by atoms with Gasteiger partial charge < -0.3 is 23.7 Å². The largest absolute Gasteiger partial charge is 0.493 e. The van der Waals surface area contributed by atoms with Gasteiger partial charge in [0, 0.05) is 17.5 Å². The molecule has 1 heterocycles. The summed E-state index contributed by atoms with van der Waals surface area (Å²) in [5, 5.41) is 0. The number of rotatable bonds is 8. The first-order valence-corrected chi connectivity index (χ1v) is 10.1. The summed E-state index contributed by atoms with van der Waals surface area (Å²) in [6, 6.07) is 20.0. The summed E-state index contributed by atoms with van der Waals surface area (Å²) >= 11 is 0. The molecule has 1 unspecified atom stereocenters. The Kier molecular flexibility index (Phi) is 5.98. The van der Waals surface area contributed by atoms with Gasteiger partial charge in [0.1, 0.15) is 12.4 Å². The summed E-state index contributed by atoms with van der Waals surface area (Å²) in [6.45, 7) is 5.41. The van der Waals surface area contributed by atoms with Gasteiger partial charge in [-0.05, 0) is 36.2 Å². The van der Waals surface area contributed by atoms with E-state index in [1.165, 1.54) is 0 Å². The van der Waals surface area contributed by atoms with Crippen LogP contribution in [-0.2, 0) is 6.61 Å². The van der Waals surface area contributed by atoms with Crippen molar-refractivity contribution in [1.29, 1.82) is 0 Å². The second-order valence-electron chi connectivity index (χ2n) is 7.08. The molecule has 4 rings (SSSR count). The number of hydrogen-bond acceptors (Lipinski definition) is 5. The normalized spacial score (nSPS) is 13.0. The highest BCUT2D eigenvalue weighted by Crippen LogP contribution is 2.43. The van der Waals surface area contributed by atoms with Crippen LogP contribution in [-0.4, -0.2) is 20.5 Å². The van der Waals surface area contributed by atoms with E-state index in [4.69, 9.17) is 23.7 Å². The van der Waals surface area contributed by atoms with Crippen LogP contribution in [0.5, 0.6) is 28.7 Å². The fourth-order valence-corrected chi connectivity index (χ4v) is 3.55. The molecule has 5 heteroatoms. The van der Waals surface area contributed by atoms with E-state index in [0.717, 1.165) is 33.9 Å². The van der Waals surface area contributed by atoms with Crippen LogP contribution < -0.4 is 23.7 Å². The van der Waals surface area contributed by atoms with Gasteiger partial charge >= 0.3 is 0 Å². The van der Waals surface area contributed by atoms with Crippen LogP contribution in [0.1, 0.15) is 36.5 Å². The molecule has 0 aromatic heterocycles. The first-order valence-electron chi connectivity index (χ1n) is 10.1. The topological polar surface area (TPSA) is 46.2 Å². The summed E-state index contributed by atoms with van der Waals surface area (Å²) in [7, 11) is 1.66. The number of fused-ring (bicyclic) bond motifs is 1. The Hall–Kier alpha value is -3.34. The molecule has 5 nitrogen and oxygen atoms in total. The predicted octanol–water partition coefficient (Wildman–Crippen LogP) is 5.55. The highest BCUT2D eigenvalue weighted by atomic mass is 16.7. The van der Waals surface area contributed by atoms with Crippen LogP contribution in [0.15, 0.2) is 60.7 Å². The lowest BCUT2D eigenvalue weighted by molar-refractivity contribution is 0.173. The third-order valence-corrected chi connectivity index (χ3v) is 5.20. The van der Waals surface area contributed by atoms with Gasteiger partial charge in [-0.3, -0.25) is 0 Å².